The van der Waals surface area contributed by atoms with Crippen molar-refractivity contribution >= 4 is 5.97 Å². The molecule has 0 aliphatic carbocycles. The van der Waals surface area contributed by atoms with Gasteiger partial charge >= 0.3 is 5.97 Å². The van der Waals surface area contributed by atoms with Crippen LogP contribution >= 0.6 is 0 Å². The predicted molar refractivity (Wildman–Crippen MR) is 63.5 cm³/mol. The highest BCUT2D eigenvalue weighted by Gasteiger charge is 2.15. The molecular weight excluding hydrogens is 238 g/mol. The average Bonchev–Trinajstić information content (AvgIpc) is 2.32. The van der Waals surface area contributed by atoms with Crippen molar-refractivity contribution in [3.63, 3.8) is 0 Å². The highest BCUT2D eigenvalue weighted by Crippen LogP contribution is 2.26. The van der Waals surface area contributed by atoms with Gasteiger partial charge < -0.3 is 5.11 Å². The zero-order chi connectivity index (χ0) is 13.3. The normalized spacial score (nSPS) is 10.4. The number of aryl methyl sites for hydroxylation is 1. The Balaban J connectivity index is 2.66. The van der Waals surface area contributed by atoms with Crippen molar-refractivity contribution in [1.82, 2.24) is 0 Å². The Hall–Kier alpha value is -2.23. The summed E-state index contributed by atoms with van der Waals surface area (Å²) in [6.07, 6.45) is 0. The fourth-order valence-corrected chi connectivity index (χ4v) is 1.74. The van der Waals surface area contributed by atoms with Gasteiger partial charge in [-0.3, -0.25) is 0 Å². The van der Waals surface area contributed by atoms with Crippen molar-refractivity contribution in [3.05, 3.63) is 59.2 Å². The zero-order valence-electron chi connectivity index (χ0n) is 9.58. The molecule has 0 heterocycles. The molecule has 18 heavy (non-hydrogen) atoms. The van der Waals surface area contributed by atoms with E-state index in [1.165, 1.54) is 0 Å². The minimum absolute atomic E-state index is 0.0453. The standard InChI is InChI=1S/C14H10F2O2/c1-8-3-2-4-9(5-8)11-6-10(14(17)18)7-12(15)13(11)16/h2-7H,1H3,(H,17,18). The number of halogens is 2. The lowest BCUT2D eigenvalue weighted by Gasteiger charge is -2.07. The fraction of sp³-hybridized carbons (Fsp3) is 0.0714. The van der Waals surface area contributed by atoms with E-state index in [2.05, 4.69) is 0 Å². The van der Waals surface area contributed by atoms with Crippen molar-refractivity contribution < 1.29 is 18.7 Å². The molecule has 0 fully saturated rings. The van der Waals surface area contributed by atoms with Crippen LogP contribution in [0.4, 0.5) is 8.78 Å². The molecule has 0 saturated heterocycles. The van der Waals surface area contributed by atoms with Gasteiger partial charge in [0.05, 0.1) is 5.56 Å². The monoisotopic (exact) mass is 248 g/mol. The topological polar surface area (TPSA) is 37.3 Å². The van der Waals surface area contributed by atoms with Crippen LogP contribution in [0, 0.1) is 18.6 Å². The molecule has 0 amide bonds. The lowest BCUT2D eigenvalue weighted by Crippen LogP contribution is -2.00. The van der Waals surface area contributed by atoms with Crippen molar-refractivity contribution in [1.29, 1.82) is 0 Å². The summed E-state index contributed by atoms with van der Waals surface area (Å²) in [5.41, 5.74) is 1.02. The van der Waals surface area contributed by atoms with E-state index < -0.39 is 17.6 Å². The summed E-state index contributed by atoms with van der Waals surface area (Å²) in [5.74, 6) is -3.49. The first-order valence-electron chi connectivity index (χ1n) is 5.28. The molecule has 0 aliphatic heterocycles. The fourth-order valence-electron chi connectivity index (χ4n) is 1.74. The van der Waals surface area contributed by atoms with E-state index in [1.807, 2.05) is 13.0 Å². The Morgan fingerprint density at radius 1 is 1.17 bits per heavy atom. The molecule has 2 rings (SSSR count). The number of rotatable bonds is 2. The van der Waals surface area contributed by atoms with Crippen LogP contribution in [0.3, 0.4) is 0 Å². The molecule has 4 heteroatoms. The number of carboxylic acid groups (broad SMARTS) is 1. The van der Waals surface area contributed by atoms with Gasteiger partial charge in [-0.25, -0.2) is 13.6 Å². The largest absolute Gasteiger partial charge is 0.478 e. The zero-order valence-corrected chi connectivity index (χ0v) is 9.58. The highest BCUT2D eigenvalue weighted by molar-refractivity contribution is 5.89. The van der Waals surface area contributed by atoms with Crippen molar-refractivity contribution in [3.8, 4) is 11.1 Å². The van der Waals surface area contributed by atoms with Crippen LogP contribution in [0.1, 0.15) is 15.9 Å². The number of hydrogen-bond acceptors (Lipinski definition) is 1. The van der Waals surface area contributed by atoms with E-state index in [-0.39, 0.29) is 11.1 Å². The van der Waals surface area contributed by atoms with Gasteiger partial charge in [0.25, 0.3) is 0 Å². The van der Waals surface area contributed by atoms with E-state index in [0.717, 1.165) is 11.6 Å². The first-order valence-corrected chi connectivity index (χ1v) is 5.28. The smallest absolute Gasteiger partial charge is 0.335 e. The van der Waals surface area contributed by atoms with Gasteiger partial charge in [-0.15, -0.1) is 0 Å². The van der Waals surface area contributed by atoms with Gasteiger partial charge in [-0.05, 0) is 24.6 Å². The van der Waals surface area contributed by atoms with Crippen LogP contribution in [0.25, 0.3) is 11.1 Å². The average molecular weight is 248 g/mol. The summed E-state index contributed by atoms with van der Waals surface area (Å²) < 4.78 is 27.0. The molecule has 2 nitrogen and oxygen atoms in total. The molecule has 2 aromatic rings. The third-order valence-corrected chi connectivity index (χ3v) is 2.60. The van der Waals surface area contributed by atoms with E-state index in [4.69, 9.17) is 5.11 Å². The summed E-state index contributed by atoms with van der Waals surface area (Å²) >= 11 is 0. The van der Waals surface area contributed by atoms with Crippen LogP contribution in [0.2, 0.25) is 0 Å². The number of benzene rings is 2. The molecule has 0 atom stereocenters. The second kappa shape index (κ2) is 4.56. The molecule has 0 bridgehead atoms. The molecule has 1 N–H and O–H groups in total. The van der Waals surface area contributed by atoms with Crippen molar-refractivity contribution in [2.24, 2.45) is 0 Å². The van der Waals surface area contributed by atoms with Gasteiger partial charge in [0, 0.05) is 5.56 Å². The van der Waals surface area contributed by atoms with E-state index in [0.29, 0.717) is 11.6 Å². The molecule has 0 spiro atoms. The summed E-state index contributed by atoms with van der Waals surface area (Å²) in [6.45, 7) is 1.82. The Bertz CT molecular complexity index is 621. The lowest BCUT2D eigenvalue weighted by molar-refractivity contribution is 0.0696. The summed E-state index contributed by atoms with van der Waals surface area (Å²) in [6, 6.07) is 8.61. The molecule has 0 aromatic heterocycles. The van der Waals surface area contributed by atoms with Gasteiger partial charge in [-0.1, -0.05) is 29.8 Å². The quantitative estimate of drug-likeness (QED) is 0.880. The molecular formula is C14H10F2O2. The molecule has 2 aromatic carbocycles. The van der Waals surface area contributed by atoms with E-state index >= 15 is 0 Å². The lowest BCUT2D eigenvalue weighted by atomic mass is 10.0. The Morgan fingerprint density at radius 2 is 1.89 bits per heavy atom. The predicted octanol–water partition coefficient (Wildman–Crippen LogP) is 3.64. The van der Waals surface area contributed by atoms with Crippen molar-refractivity contribution in [2.75, 3.05) is 0 Å². The molecule has 0 saturated carbocycles. The first-order chi connectivity index (χ1) is 8.49. The minimum atomic E-state index is -1.29. The highest BCUT2D eigenvalue weighted by atomic mass is 19.2. The maximum absolute atomic E-state index is 13.7. The molecule has 0 aliphatic rings. The molecule has 0 radical (unpaired) electrons. The van der Waals surface area contributed by atoms with E-state index in [9.17, 15) is 13.6 Å². The van der Waals surface area contributed by atoms with E-state index in [1.54, 1.807) is 18.2 Å². The molecule has 92 valence electrons. The Labute approximate surface area is 103 Å². The SMILES string of the molecule is Cc1cccc(-c2cc(C(=O)O)cc(F)c2F)c1. The van der Waals surface area contributed by atoms with Gasteiger partial charge in [-0.2, -0.15) is 0 Å². The summed E-state index contributed by atoms with van der Waals surface area (Å²) in [4.78, 5) is 10.8. The number of hydrogen-bond donors (Lipinski definition) is 1. The van der Waals surface area contributed by atoms with Gasteiger partial charge in [0.15, 0.2) is 11.6 Å². The minimum Gasteiger partial charge on any atom is -0.478 e. The van der Waals surface area contributed by atoms with Crippen LogP contribution in [0.5, 0.6) is 0 Å². The number of carbonyl (C=O) groups is 1. The number of carboxylic acids is 1. The Kier molecular flexibility index (Phi) is 3.10. The van der Waals surface area contributed by atoms with Crippen LogP contribution in [-0.4, -0.2) is 11.1 Å². The van der Waals surface area contributed by atoms with Gasteiger partial charge in [0.2, 0.25) is 0 Å². The van der Waals surface area contributed by atoms with Crippen LogP contribution < -0.4 is 0 Å². The van der Waals surface area contributed by atoms with Crippen LogP contribution in [-0.2, 0) is 0 Å². The summed E-state index contributed by atoms with van der Waals surface area (Å²) in [7, 11) is 0. The summed E-state index contributed by atoms with van der Waals surface area (Å²) in [5, 5.41) is 8.84. The van der Waals surface area contributed by atoms with Gasteiger partial charge in [0.1, 0.15) is 0 Å². The Morgan fingerprint density at radius 3 is 2.50 bits per heavy atom. The molecule has 0 unspecified atom stereocenters. The third-order valence-electron chi connectivity index (χ3n) is 2.60. The second-order valence-electron chi connectivity index (χ2n) is 3.99. The second-order valence-corrected chi connectivity index (χ2v) is 3.99. The maximum atomic E-state index is 13.7. The third kappa shape index (κ3) is 2.22. The van der Waals surface area contributed by atoms with Crippen LogP contribution in [0.15, 0.2) is 36.4 Å². The maximum Gasteiger partial charge on any atom is 0.335 e. The number of aromatic carboxylic acids is 1. The first kappa shape index (κ1) is 12.2. The van der Waals surface area contributed by atoms with Crippen molar-refractivity contribution in [2.45, 2.75) is 6.92 Å².